The molecule has 4 heteroatoms. The highest BCUT2D eigenvalue weighted by molar-refractivity contribution is 5.73. The number of ether oxygens (including phenoxy) is 1. The summed E-state index contributed by atoms with van der Waals surface area (Å²) >= 11 is 0. The molecule has 0 aliphatic carbocycles. The van der Waals surface area contributed by atoms with Crippen molar-refractivity contribution in [3.05, 3.63) is 12.8 Å². The molecule has 1 unspecified atom stereocenters. The van der Waals surface area contributed by atoms with Crippen LogP contribution in [0.4, 0.5) is 0 Å². The highest BCUT2D eigenvalue weighted by atomic mass is 16.5. The Morgan fingerprint density at radius 1 is 1.69 bits per heavy atom. The number of carbonyl (C=O) groups is 1. The van der Waals surface area contributed by atoms with Crippen molar-refractivity contribution in [2.75, 3.05) is 6.61 Å². The van der Waals surface area contributed by atoms with Crippen LogP contribution >= 0.6 is 0 Å². The van der Waals surface area contributed by atoms with E-state index in [1.165, 1.54) is 6.26 Å². The average molecular weight is 189 g/mol. The van der Waals surface area contributed by atoms with Crippen LogP contribution in [0.3, 0.4) is 0 Å². The molecule has 0 saturated carbocycles. The predicted molar refractivity (Wildman–Crippen MR) is 52.3 cm³/mol. The zero-order valence-corrected chi connectivity index (χ0v) is 8.49. The summed E-state index contributed by atoms with van der Waals surface area (Å²) < 4.78 is 4.60. The van der Waals surface area contributed by atoms with E-state index in [0.717, 1.165) is 6.61 Å². The average Bonchev–Trinajstić information content (AvgIpc) is 2.05. The van der Waals surface area contributed by atoms with Gasteiger partial charge >= 0.3 is 5.97 Å². The highest BCUT2D eigenvalue weighted by Gasteiger charge is 2.14. The molecule has 78 valence electrons. The number of nitrogens with two attached hydrogens (primary N) is 1. The Balaban J connectivity index is 0. The summed E-state index contributed by atoms with van der Waals surface area (Å²) in [4.78, 5) is 10.0. The lowest BCUT2D eigenvalue weighted by molar-refractivity contribution is -0.139. The first-order chi connectivity index (χ1) is 5.97. The normalized spacial score (nSPS) is 11.2. The number of hydrogen-bond acceptors (Lipinski definition) is 3. The van der Waals surface area contributed by atoms with Crippen LogP contribution in [0.5, 0.6) is 0 Å². The molecular formula is C9H19NO3. The molecule has 0 aromatic rings. The second-order valence-electron chi connectivity index (χ2n) is 2.73. The van der Waals surface area contributed by atoms with Gasteiger partial charge in [-0.2, -0.15) is 0 Å². The van der Waals surface area contributed by atoms with E-state index in [9.17, 15) is 4.79 Å². The zero-order chi connectivity index (χ0) is 10.9. The van der Waals surface area contributed by atoms with Gasteiger partial charge in [-0.25, -0.2) is 0 Å². The van der Waals surface area contributed by atoms with Crippen LogP contribution in [0.2, 0.25) is 0 Å². The SMILES string of the molecule is C=COCC.CC(C)C(N)C(=O)O. The lowest BCUT2D eigenvalue weighted by Crippen LogP contribution is -2.34. The molecule has 0 saturated heterocycles. The Kier molecular flexibility index (Phi) is 10.1. The van der Waals surface area contributed by atoms with E-state index >= 15 is 0 Å². The van der Waals surface area contributed by atoms with Gasteiger partial charge in [0.15, 0.2) is 0 Å². The molecule has 0 aliphatic rings. The van der Waals surface area contributed by atoms with Crippen LogP contribution in [0.15, 0.2) is 12.8 Å². The van der Waals surface area contributed by atoms with Crippen molar-refractivity contribution in [2.45, 2.75) is 26.8 Å². The van der Waals surface area contributed by atoms with Gasteiger partial charge in [0.2, 0.25) is 0 Å². The predicted octanol–water partition coefficient (Wildman–Crippen LogP) is 1.22. The Hall–Kier alpha value is -1.03. The minimum absolute atomic E-state index is 0.0208. The first-order valence-corrected chi connectivity index (χ1v) is 4.18. The quantitative estimate of drug-likeness (QED) is 0.652. The fourth-order valence-corrected chi connectivity index (χ4v) is 0.403. The van der Waals surface area contributed by atoms with Crippen molar-refractivity contribution in [1.29, 1.82) is 0 Å². The number of aliphatic carboxylic acids is 1. The van der Waals surface area contributed by atoms with Gasteiger partial charge in [-0.05, 0) is 12.8 Å². The summed E-state index contributed by atoms with van der Waals surface area (Å²) in [7, 11) is 0. The third-order valence-electron chi connectivity index (χ3n) is 1.29. The number of rotatable bonds is 4. The molecule has 0 radical (unpaired) electrons. The van der Waals surface area contributed by atoms with Crippen LogP contribution in [-0.4, -0.2) is 23.7 Å². The molecule has 0 amide bonds. The van der Waals surface area contributed by atoms with Crippen LogP contribution in [-0.2, 0) is 9.53 Å². The van der Waals surface area contributed by atoms with Crippen LogP contribution in [0.1, 0.15) is 20.8 Å². The lowest BCUT2D eigenvalue weighted by atomic mass is 10.1. The van der Waals surface area contributed by atoms with Crippen molar-refractivity contribution in [3.63, 3.8) is 0 Å². The number of carboxylic acid groups (broad SMARTS) is 1. The van der Waals surface area contributed by atoms with Gasteiger partial charge in [0.05, 0.1) is 12.9 Å². The van der Waals surface area contributed by atoms with Crippen molar-refractivity contribution >= 4 is 5.97 Å². The molecule has 0 aromatic heterocycles. The van der Waals surface area contributed by atoms with Crippen LogP contribution in [0, 0.1) is 5.92 Å². The summed E-state index contributed by atoms with van der Waals surface area (Å²) in [6.07, 6.45) is 1.43. The topological polar surface area (TPSA) is 72.5 Å². The maximum absolute atomic E-state index is 10.0. The highest BCUT2D eigenvalue weighted by Crippen LogP contribution is 1.96. The molecule has 0 aliphatic heterocycles. The van der Waals surface area contributed by atoms with E-state index < -0.39 is 12.0 Å². The van der Waals surface area contributed by atoms with Gasteiger partial charge in [-0.1, -0.05) is 20.4 Å². The lowest BCUT2D eigenvalue weighted by Gasteiger charge is -2.07. The van der Waals surface area contributed by atoms with Gasteiger partial charge in [0.1, 0.15) is 6.04 Å². The van der Waals surface area contributed by atoms with Crippen molar-refractivity contribution in [1.82, 2.24) is 0 Å². The fourth-order valence-electron chi connectivity index (χ4n) is 0.403. The van der Waals surface area contributed by atoms with E-state index in [2.05, 4.69) is 11.3 Å². The fraction of sp³-hybridized carbons (Fsp3) is 0.667. The monoisotopic (exact) mass is 189 g/mol. The van der Waals surface area contributed by atoms with Gasteiger partial charge < -0.3 is 15.6 Å². The Labute approximate surface area is 79.4 Å². The molecule has 0 aromatic carbocycles. The van der Waals surface area contributed by atoms with E-state index in [0.29, 0.717) is 0 Å². The number of hydrogen-bond donors (Lipinski definition) is 2. The Morgan fingerprint density at radius 2 is 2.15 bits per heavy atom. The van der Waals surface area contributed by atoms with Gasteiger partial charge in [-0.15, -0.1) is 0 Å². The summed E-state index contributed by atoms with van der Waals surface area (Å²) in [5.74, 6) is -0.910. The second-order valence-corrected chi connectivity index (χ2v) is 2.73. The van der Waals surface area contributed by atoms with E-state index in [1.54, 1.807) is 13.8 Å². The van der Waals surface area contributed by atoms with Crippen molar-refractivity contribution < 1.29 is 14.6 Å². The molecule has 0 rings (SSSR count). The maximum Gasteiger partial charge on any atom is 0.320 e. The molecule has 3 N–H and O–H groups in total. The molecule has 0 spiro atoms. The molecule has 0 fully saturated rings. The zero-order valence-electron chi connectivity index (χ0n) is 8.49. The first-order valence-electron chi connectivity index (χ1n) is 4.18. The van der Waals surface area contributed by atoms with E-state index in [1.807, 2.05) is 6.92 Å². The van der Waals surface area contributed by atoms with Crippen molar-refractivity contribution in [2.24, 2.45) is 11.7 Å². The minimum Gasteiger partial charge on any atom is -0.502 e. The van der Waals surface area contributed by atoms with Crippen LogP contribution < -0.4 is 5.73 Å². The first kappa shape index (κ1) is 14.5. The summed E-state index contributed by atoms with van der Waals surface area (Å²) in [5, 5.41) is 8.23. The summed E-state index contributed by atoms with van der Waals surface area (Å²) in [6.45, 7) is 9.53. The summed E-state index contributed by atoms with van der Waals surface area (Å²) in [5.41, 5.74) is 5.16. The molecule has 1 atom stereocenters. The third-order valence-corrected chi connectivity index (χ3v) is 1.29. The standard InChI is InChI=1S/C5H11NO2.C4H8O/c1-3(2)4(6)5(7)8;1-3-5-4-2/h3-4H,6H2,1-2H3,(H,7,8);3H,1,4H2,2H3. The van der Waals surface area contributed by atoms with Gasteiger partial charge in [0, 0.05) is 0 Å². The maximum atomic E-state index is 10.0. The third kappa shape index (κ3) is 11.0. The molecule has 13 heavy (non-hydrogen) atoms. The Bertz CT molecular complexity index is 146. The number of carboxylic acids is 1. The van der Waals surface area contributed by atoms with E-state index in [4.69, 9.17) is 10.8 Å². The largest absolute Gasteiger partial charge is 0.502 e. The summed E-state index contributed by atoms with van der Waals surface area (Å²) in [6, 6.07) is -0.713. The Morgan fingerprint density at radius 3 is 2.15 bits per heavy atom. The smallest absolute Gasteiger partial charge is 0.320 e. The molecular weight excluding hydrogens is 170 g/mol. The molecule has 0 bridgehead atoms. The molecule has 4 nitrogen and oxygen atoms in total. The molecule has 0 heterocycles. The van der Waals surface area contributed by atoms with E-state index in [-0.39, 0.29) is 5.92 Å². The van der Waals surface area contributed by atoms with Crippen LogP contribution in [0.25, 0.3) is 0 Å². The van der Waals surface area contributed by atoms with Crippen molar-refractivity contribution in [3.8, 4) is 0 Å². The minimum atomic E-state index is -0.931. The van der Waals surface area contributed by atoms with Gasteiger partial charge in [0.25, 0.3) is 0 Å². The van der Waals surface area contributed by atoms with Gasteiger partial charge in [-0.3, -0.25) is 4.79 Å². The second kappa shape index (κ2) is 9.06.